The van der Waals surface area contributed by atoms with Crippen molar-refractivity contribution in [3.8, 4) is 6.07 Å². The van der Waals surface area contributed by atoms with E-state index >= 15 is 0 Å². The average Bonchev–Trinajstić information content (AvgIpc) is 1.90. The van der Waals surface area contributed by atoms with Gasteiger partial charge in [-0.2, -0.15) is 5.26 Å². The Kier molecular flexibility index (Phi) is 4.11. The number of nitrogens with zero attached hydrogens (tertiary/aromatic N) is 1. The fourth-order valence-electron chi connectivity index (χ4n) is 1.15. The highest BCUT2D eigenvalue weighted by atomic mass is 14.4. The van der Waals surface area contributed by atoms with Gasteiger partial charge in [-0.25, -0.2) is 0 Å². The van der Waals surface area contributed by atoms with Gasteiger partial charge in [0, 0.05) is 6.42 Å². The SMILES string of the molecule is CC.CC1(CC#N)CCC1. The van der Waals surface area contributed by atoms with Gasteiger partial charge in [0.1, 0.15) is 0 Å². The molecule has 0 spiro atoms. The molecule has 0 bridgehead atoms. The molecular weight excluding hydrogens is 122 g/mol. The molecule has 1 saturated carbocycles. The molecule has 1 aliphatic rings. The first-order chi connectivity index (χ1) is 4.77. The maximum Gasteiger partial charge on any atom is 0.0627 e. The van der Waals surface area contributed by atoms with E-state index in [4.69, 9.17) is 5.26 Å². The van der Waals surface area contributed by atoms with Crippen LogP contribution < -0.4 is 0 Å². The standard InChI is InChI=1S/C7H11N.C2H6/c1-7(5-6-8)3-2-4-7;1-2/h2-5H2,1H3;1-2H3. The van der Waals surface area contributed by atoms with E-state index < -0.39 is 0 Å². The molecule has 0 saturated heterocycles. The highest BCUT2D eigenvalue weighted by Gasteiger charge is 2.30. The second kappa shape index (κ2) is 4.33. The molecule has 0 heterocycles. The van der Waals surface area contributed by atoms with Gasteiger partial charge in [0.2, 0.25) is 0 Å². The molecular formula is C9H17N. The van der Waals surface area contributed by atoms with E-state index in [0.717, 1.165) is 6.42 Å². The lowest BCUT2D eigenvalue weighted by Gasteiger charge is -2.35. The molecule has 1 aliphatic carbocycles. The van der Waals surface area contributed by atoms with Crippen LogP contribution in [0.3, 0.4) is 0 Å². The Hall–Kier alpha value is -0.510. The fraction of sp³-hybridized carbons (Fsp3) is 0.889. The summed E-state index contributed by atoms with van der Waals surface area (Å²) in [6.45, 7) is 6.19. The van der Waals surface area contributed by atoms with E-state index in [2.05, 4.69) is 13.0 Å². The zero-order chi connectivity index (χ0) is 8.04. The maximum absolute atomic E-state index is 8.32. The molecule has 0 amide bonds. The Labute approximate surface area is 64.1 Å². The molecule has 1 nitrogen and oxygen atoms in total. The summed E-state index contributed by atoms with van der Waals surface area (Å²) < 4.78 is 0. The summed E-state index contributed by atoms with van der Waals surface area (Å²) in [5, 5.41) is 8.32. The zero-order valence-electron chi connectivity index (χ0n) is 7.28. The number of rotatable bonds is 1. The summed E-state index contributed by atoms with van der Waals surface area (Å²) >= 11 is 0. The third-order valence-corrected chi connectivity index (χ3v) is 2.07. The molecule has 0 N–H and O–H groups in total. The highest BCUT2D eigenvalue weighted by molar-refractivity contribution is 4.90. The molecule has 1 fully saturated rings. The van der Waals surface area contributed by atoms with Crippen molar-refractivity contribution in [2.45, 2.75) is 46.5 Å². The van der Waals surface area contributed by atoms with Crippen molar-refractivity contribution in [1.29, 1.82) is 5.26 Å². The zero-order valence-corrected chi connectivity index (χ0v) is 7.28. The minimum atomic E-state index is 0.411. The van der Waals surface area contributed by atoms with Crippen molar-refractivity contribution in [2.75, 3.05) is 0 Å². The van der Waals surface area contributed by atoms with Crippen LogP contribution in [-0.4, -0.2) is 0 Å². The largest absolute Gasteiger partial charge is 0.198 e. The van der Waals surface area contributed by atoms with E-state index in [1.54, 1.807) is 0 Å². The summed E-state index contributed by atoms with van der Waals surface area (Å²) in [4.78, 5) is 0. The third-order valence-electron chi connectivity index (χ3n) is 2.07. The first-order valence-corrected chi connectivity index (χ1v) is 4.14. The molecule has 1 heteroatoms. The number of nitriles is 1. The van der Waals surface area contributed by atoms with Gasteiger partial charge < -0.3 is 0 Å². The molecule has 0 atom stereocenters. The van der Waals surface area contributed by atoms with Crippen LogP contribution in [0.15, 0.2) is 0 Å². The van der Waals surface area contributed by atoms with Gasteiger partial charge in [0.25, 0.3) is 0 Å². The van der Waals surface area contributed by atoms with Crippen molar-refractivity contribution < 1.29 is 0 Å². The van der Waals surface area contributed by atoms with Crippen LogP contribution in [0, 0.1) is 16.7 Å². The van der Waals surface area contributed by atoms with Gasteiger partial charge in [0.15, 0.2) is 0 Å². The summed E-state index contributed by atoms with van der Waals surface area (Å²) in [7, 11) is 0. The van der Waals surface area contributed by atoms with E-state index in [1.165, 1.54) is 19.3 Å². The average molecular weight is 139 g/mol. The normalized spacial score (nSPS) is 19.4. The van der Waals surface area contributed by atoms with Gasteiger partial charge in [-0.3, -0.25) is 0 Å². The third kappa shape index (κ3) is 2.39. The summed E-state index contributed by atoms with van der Waals surface area (Å²) in [6, 6.07) is 2.21. The molecule has 58 valence electrons. The second-order valence-electron chi connectivity index (χ2n) is 3.00. The van der Waals surface area contributed by atoms with E-state index in [1.807, 2.05) is 13.8 Å². The quantitative estimate of drug-likeness (QED) is 0.547. The molecule has 0 unspecified atom stereocenters. The smallest absolute Gasteiger partial charge is 0.0627 e. The van der Waals surface area contributed by atoms with Crippen LogP contribution in [-0.2, 0) is 0 Å². The highest BCUT2D eigenvalue weighted by Crippen LogP contribution is 2.42. The first-order valence-electron chi connectivity index (χ1n) is 4.14. The van der Waals surface area contributed by atoms with Crippen molar-refractivity contribution in [3.05, 3.63) is 0 Å². The maximum atomic E-state index is 8.32. The van der Waals surface area contributed by atoms with Crippen LogP contribution in [0.5, 0.6) is 0 Å². The number of hydrogen-bond donors (Lipinski definition) is 0. The minimum absolute atomic E-state index is 0.411. The van der Waals surface area contributed by atoms with E-state index in [0.29, 0.717) is 5.41 Å². The first kappa shape index (κ1) is 9.49. The van der Waals surface area contributed by atoms with Crippen LogP contribution in [0.4, 0.5) is 0 Å². The molecule has 0 aromatic heterocycles. The lowest BCUT2D eigenvalue weighted by atomic mass is 9.69. The van der Waals surface area contributed by atoms with E-state index in [9.17, 15) is 0 Å². The molecule has 0 aliphatic heterocycles. The topological polar surface area (TPSA) is 23.8 Å². The van der Waals surface area contributed by atoms with Crippen molar-refractivity contribution in [2.24, 2.45) is 5.41 Å². The summed E-state index contributed by atoms with van der Waals surface area (Å²) in [5.41, 5.74) is 0.411. The minimum Gasteiger partial charge on any atom is -0.198 e. The van der Waals surface area contributed by atoms with E-state index in [-0.39, 0.29) is 0 Å². The van der Waals surface area contributed by atoms with Gasteiger partial charge in [-0.05, 0) is 18.3 Å². The van der Waals surface area contributed by atoms with Crippen molar-refractivity contribution in [3.63, 3.8) is 0 Å². The van der Waals surface area contributed by atoms with Crippen LogP contribution in [0.1, 0.15) is 46.5 Å². The van der Waals surface area contributed by atoms with Crippen LogP contribution in [0.25, 0.3) is 0 Å². The predicted molar refractivity (Wildman–Crippen MR) is 43.5 cm³/mol. The Morgan fingerprint density at radius 3 is 2.00 bits per heavy atom. The van der Waals surface area contributed by atoms with Gasteiger partial charge in [0.05, 0.1) is 6.07 Å². The Morgan fingerprint density at radius 1 is 1.40 bits per heavy atom. The summed E-state index contributed by atoms with van der Waals surface area (Å²) in [6.07, 6.45) is 4.62. The lowest BCUT2D eigenvalue weighted by molar-refractivity contribution is 0.168. The predicted octanol–water partition coefficient (Wildman–Crippen LogP) is 3.12. The Morgan fingerprint density at radius 2 is 1.90 bits per heavy atom. The van der Waals surface area contributed by atoms with Crippen LogP contribution >= 0.6 is 0 Å². The molecule has 0 aromatic rings. The summed E-state index contributed by atoms with van der Waals surface area (Å²) in [5.74, 6) is 0. The van der Waals surface area contributed by atoms with Gasteiger partial charge in [-0.1, -0.05) is 27.2 Å². The van der Waals surface area contributed by atoms with Gasteiger partial charge in [-0.15, -0.1) is 0 Å². The molecule has 10 heavy (non-hydrogen) atoms. The molecule has 0 radical (unpaired) electrons. The molecule has 0 aromatic carbocycles. The lowest BCUT2D eigenvalue weighted by Crippen LogP contribution is -2.24. The molecule has 1 rings (SSSR count). The fourth-order valence-corrected chi connectivity index (χ4v) is 1.15. The van der Waals surface area contributed by atoms with Crippen LogP contribution in [0.2, 0.25) is 0 Å². The van der Waals surface area contributed by atoms with Crippen molar-refractivity contribution in [1.82, 2.24) is 0 Å². The Balaban J connectivity index is 0.000000371. The van der Waals surface area contributed by atoms with Crippen molar-refractivity contribution >= 4 is 0 Å². The monoisotopic (exact) mass is 139 g/mol. The van der Waals surface area contributed by atoms with Gasteiger partial charge >= 0.3 is 0 Å². The Bertz CT molecular complexity index is 117. The number of hydrogen-bond acceptors (Lipinski definition) is 1. The second-order valence-corrected chi connectivity index (χ2v) is 3.00.